The van der Waals surface area contributed by atoms with Crippen LogP contribution >= 0.6 is 22.9 Å². The van der Waals surface area contributed by atoms with Gasteiger partial charge in [-0.3, -0.25) is 4.79 Å². The van der Waals surface area contributed by atoms with Gasteiger partial charge in [-0.2, -0.15) is 4.98 Å². The van der Waals surface area contributed by atoms with Gasteiger partial charge in [0.15, 0.2) is 11.5 Å². The van der Waals surface area contributed by atoms with Crippen LogP contribution in [0.1, 0.15) is 10.5 Å². The van der Waals surface area contributed by atoms with E-state index in [1.54, 1.807) is 4.90 Å². The molecule has 8 heteroatoms. The molecule has 1 aliphatic heterocycles. The van der Waals surface area contributed by atoms with E-state index < -0.39 is 0 Å². The predicted molar refractivity (Wildman–Crippen MR) is 90.6 cm³/mol. The van der Waals surface area contributed by atoms with Gasteiger partial charge in [-0.15, -0.1) is 0 Å². The molecule has 1 aliphatic rings. The van der Waals surface area contributed by atoms with Gasteiger partial charge < -0.3 is 10.2 Å². The molecule has 0 fully saturated rings. The number of anilines is 3. The van der Waals surface area contributed by atoms with E-state index in [2.05, 4.69) is 20.3 Å². The minimum absolute atomic E-state index is 0.126. The standard InChI is InChI=1S/C15H10ClN5OS/c1-21-11-9(7-17-15(16)20-11)18-12(22)10-14(21)23-13(19-10)8-5-3-2-4-6-8/h2-7H,1H3,(H,18,22). The van der Waals surface area contributed by atoms with Crippen LogP contribution in [0.4, 0.5) is 16.5 Å². The number of amides is 1. The van der Waals surface area contributed by atoms with Crippen LogP contribution in [0, 0.1) is 0 Å². The average molecular weight is 344 g/mol. The van der Waals surface area contributed by atoms with E-state index >= 15 is 0 Å². The monoisotopic (exact) mass is 343 g/mol. The molecule has 114 valence electrons. The van der Waals surface area contributed by atoms with Crippen molar-refractivity contribution >= 4 is 45.4 Å². The van der Waals surface area contributed by atoms with Gasteiger partial charge in [0.05, 0.1) is 6.20 Å². The fourth-order valence-corrected chi connectivity index (χ4v) is 3.53. The third kappa shape index (κ3) is 2.34. The van der Waals surface area contributed by atoms with Gasteiger partial charge in [-0.1, -0.05) is 41.7 Å². The third-order valence-electron chi connectivity index (χ3n) is 3.45. The van der Waals surface area contributed by atoms with Crippen molar-refractivity contribution in [2.45, 2.75) is 0 Å². The summed E-state index contributed by atoms with van der Waals surface area (Å²) >= 11 is 7.32. The Balaban J connectivity index is 1.88. The van der Waals surface area contributed by atoms with Gasteiger partial charge in [-0.25, -0.2) is 9.97 Å². The van der Waals surface area contributed by atoms with Crippen molar-refractivity contribution in [3.8, 4) is 10.6 Å². The Labute approximate surface area is 140 Å². The number of fused-ring (bicyclic) bond motifs is 2. The van der Waals surface area contributed by atoms with Gasteiger partial charge in [0.2, 0.25) is 5.28 Å². The van der Waals surface area contributed by atoms with Crippen LogP contribution < -0.4 is 10.2 Å². The Morgan fingerprint density at radius 3 is 2.78 bits per heavy atom. The number of thiazole rings is 1. The molecule has 4 rings (SSSR count). The number of aromatic nitrogens is 3. The molecule has 0 aliphatic carbocycles. The van der Waals surface area contributed by atoms with Gasteiger partial charge in [0, 0.05) is 12.6 Å². The highest BCUT2D eigenvalue weighted by Crippen LogP contribution is 2.41. The number of carbonyl (C=O) groups is 1. The maximum absolute atomic E-state index is 12.5. The molecule has 0 radical (unpaired) electrons. The zero-order valence-corrected chi connectivity index (χ0v) is 13.5. The summed E-state index contributed by atoms with van der Waals surface area (Å²) in [6.07, 6.45) is 1.49. The summed E-state index contributed by atoms with van der Waals surface area (Å²) in [5.41, 5.74) is 1.84. The Hall–Kier alpha value is -2.51. The highest BCUT2D eigenvalue weighted by atomic mass is 35.5. The first-order valence-electron chi connectivity index (χ1n) is 6.77. The average Bonchev–Trinajstić information content (AvgIpc) is 2.98. The van der Waals surface area contributed by atoms with E-state index in [1.165, 1.54) is 17.5 Å². The minimum atomic E-state index is -0.282. The molecule has 0 atom stereocenters. The van der Waals surface area contributed by atoms with Crippen LogP contribution in [0.25, 0.3) is 10.6 Å². The maximum atomic E-state index is 12.5. The van der Waals surface area contributed by atoms with Gasteiger partial charge in [0.25, 0.3) is 5.91 Å². The molecule has 3 aromatic rings. The smallest absolute Gasteiger partial charge is 0.277 e. The number of rotatable bonds is 1. The van der Waals surface area contributed by atoms with E-state index in [0.29, 0.717) is 17.2 Å². The van der Waals surface area contributed by atoms with E-state index in [4.69, 9.17) is 11.6 Å². The second-order valence-electron chi connectivity index (χ2n) is 4.93. The van der Waals surface area contributed by atoms with Crippen LogP contribution in [0.2, 0.25) is 5.28 Å². The Bertz CT molecular complexity index is 911. The Morgan fingerprint density at radius 1 is 1.22 bits per heavy atom. The molecule has 1 N–H and O–H groups in total. The number of nitrogens with zero attached hydrogens (tertiary/aromatic N) is 4. The summed E-state index contributed by atoms with van der Waals surface area (Å²) in [6.45, 7) is 0. The molecular formula is C15H10ClN5OS. The summed E-state index contributed by atoms with van der Waals surface area (Å²) in [4.78, 5) is 26.9. The van der Waals surface area contributed by atoms with E-state index in [-0.39, 0.29) is 11.2 Å². The number of nitrogens with one attached hydrogen (secondary N) is 1. The summed E-state index contributed by atoms with van der Waals surface area (Å²) in [7, 11) is 1.83. The summed E-state index contributed by atoms with van der Waals surface area (Å²) in [5.74, 6) is 0.260. The lowest BCUT2D eigenvalue weighted by Gasteiger charge is -2.16. The summed E-state index contributed by atoms with van der Waals surface area (Å²) < 4.78 is 0. The molecule has 6 nitrogen and oxygen atoms in total. The molecule has 2 aromatic heterocycles. The van der Waals surface area contributed by atoms with Gasteiger partial charge >= 0.3 is 0 Å². The van der Waals surface area contributed by atoms with Gasteiger partial charge in [-0.05, 0) is 11.6 Å². The molecule has 0 unspecified atom stereocenters. The molecule has 23 heavy (non-hydrogen) atoms. The van der Waals surface area contributed by atoms with Crippen LogP contribution in [0.3, 0.4) is 0 Å². The van der Waals surface area contributed by atoms with Crippen LogP contribution in [-0.4, -0.2) is 27.9 Å². The lowest BCUT2D eigenvalue weighted by atomic mass is 10.2. The quantitative estimate of drug-likeness (QED) is 0.684. The van der Waals surface area contributed by atoms with Crippen molar-refractivity contribution < 1.29 is 4.79 Å². The topological polar surface area (TPSA) is 71.0 Å². The number of hydrogen-bond acceptors (Lipinski definition) is 6. The first-order valence-corrected chi connectivity index (χ1v) is 7.97. The molecule has 1 amide bonds. The van der Waals surface area contributed by atoms with E-state index in [9.17, 15) is 4.79 Å². The fraction of sp³-hybridized carbons (Fsp3) is 0.0667. The number of halogens is 1. The van der Waals surface area contributed by atoms with Crippen molar-refractivity contribution in [1.29, 1.82) is 0 Å². The molecule has 0 spiro atoms. The second kappa shape index (κ2) is 5.29. The predicted octanol–water partition coefficient (Wildman–Crippen LogP) is 3.59. The van der Waals surface area contributed by atoms with Crippen molar-refractivity contribution in [3.63, 3.8) is 0 Å². The summed E-state index contributed by atoms with van der Waals surface area (Å²) in [6, 6.07) is 9.74. The lowest BCUT2D eigenvalue weighted by Crippen LogP contribution is -2.11. The lowest BCUT2D eigenvalue weighted by molar-refractivity contribution is 0.102. The van der Waals surface area contributed by atoms with Gasteiger partial charge in [0.1, 0.15) is 15.7 Å². The van der Waals surface area contributed by atoms with Crippen LogP contribution in [-0.2, 0) is 0 Å². The number of carbonyl (C=O) groups excluding carboxylic acids is 1. The Kier molecular flexibility index (Phi) is 3.24. The minimum Gasteiger partial charge on any atom is -0.317 e. The molecule has 0 saturated heterocycles. The van der Waals surface area contributed by atoms with Crippen molar-refractivity contribution in [3.05, 3.63) is 47.5 Å². The zero-order chi connectivity index (χ0) is 16.0. The van der Waals surface area contributed by atoms with E-state index in [1.807, 2.05) is 37.4 Å². The SMILES string of the molecule is CN1c2nc(Cl)ncc2NC(=O)c2nc(-c3ccccc3)sc21. The van der Waals surface area contributed by atoms with Crippen LogP contribution in [0.15, 0.2) is 36.5 Å². The Morgan fingerprint density at radius 2 is 2.00 bits per heavy atom. The molecule has 0 bridgehead atoms. The second-order valence-corrected chi connectivity index (χ2v) is 6.24. The molecular weight excluding hydrogens is 334 g/mol. The van der Waals surface area contributed by atoms with E-state index in [0.717, 1.165) is 15.6 Å². The van der Waals surface area contributed by atoms with Crippen molar-refractivity contribution in [1.82, 2.24) is 15.0 Å². The zero-order valence-electron chi connectivity index (χ0n) is 11.9. The molecule has 0 saturated carbocycles. The van der Waals surface area contributed by atoms with Crippen molar-refractivity contribution in [2.75, 3.05) is 17.3 Å². The van der Waals surface area contributed by atoms with Crippen LogP contribution in [0.5, 0.6) is 0 Å². The normalized spacial score (nSPS) is 13.1. The first kappa shape index (κ1) is 14.1. The fourth-order valence-electron chi connectivity index (χ4n) is 2.37. The highest BCUT2D eigenvalue weighted by molar-refractivity contribution is 7.19. The molecule has 1 aromatic carbocycles. The van der Waals surface area contributed by atoms with Crippen molar-refractivity contribution in [2.24, 2.45) is 0 Å². The molecule has 3 heterocycles. The summed E-state index contributed by atoms with van der Waals surface area (Å²) in [5, 5.41) is 4.40. The first-order chi connectivity index (χ1) is 11.1. The largest absolute Gasteiger partial charge is 0.317 e. The third-order valence-corrected chi connectivity index (χ3v) is 4.82. The number of hydrogen-bond donors (Lipinski definition) is 1. The highest BCUT2D eigenvalue weighted by Gasteiger charge is 2.29. The maximum Gasteiger partial charge on any atom is 0.277 e. The number of benzene rings is 1.